The molecule has 3 aromatic carbocycles. The fourth-order valence-corrected chi connectivity index (χ4v) is 2.99. The molecule has 25 heavy (non-hydrogen) atoms. The van der Waals surface area contributed by atoms with Crippen molar-refractivity contribution in [3.63, 3.8) is 0 Å². The zero-order valence-electron chi connectivity index (χ0n) is 13.8. The lowest BCUT2D eigenvalue weighted by molar-refractivity contribution is 0.0941. The van der Waals surface area contributed by atoms with Crippen LogP contribution in [0.15, 0.2) is 78.9 Å². The van der Waals surface area contributed by atoms with Crippen molar-refractivity contribution in [2.75, 3.05) is 0 Å². The van der Waals surface area contributed by atoms with Crippen LogP contribution >= 0.6 is 0 Å². The van der Waals surface area contributed by atoms with Gasteiger partial charge in [0.1, 0.15) is 11.6 Å². The average molecular weight is 327 g/mol. The number of aromatic nitrogens is 3. The van der Waals surface area contributed by atoms with E-state index in [4.69, 9.17) is 0 Å². The Hall–Kier alpha value is -3.27. The molecule has 4 aromatic rings. The summed E-state index contributed by atoms with van der Waals surface area (Å²) < 4.78 is 1.72. The third-order valence-corrected chi connectivity index (χ3v) is 4.32. The summed E-state index contributed by atoms with van der Waals surface area (Å²) >= 11 is 0. The predicted molar refractivity (Wildman–Crippen MR) is 97.6 cm³/mol. The van der Waals surface area contributed by atoms with Crippen molar-refractivity contribution >= 4 is 16.8 Å². The van der Waals surface area contributed by atoms with E-state index in [0.29, 0.717) is 5.56 Å². The summed E-state index contributed by atoms with van der Waals surface area (Å²) in [5.41, 5.74) is 4.33. The Morgan fingerprint density at radius 1 is 0.880 bits per heavy atom. The number of para-hydroxylation sites is 1. The highest BCUT2D eigenvalue weighted by Crippen LogP contribution is 2.26. The number of carbonyl (C=O) groups excluding carboxylic acids is 1. The number of ketones is 1. The number of nitrogens with zero attached hydrogens (tertiary/aromatic N) is 3. The monoisotopic (exact) mass is 327 g/mol. The van der Waals surface area contributed by atoms with Crippen molar-refractivity contribution in [1.82, 2.24) is 15.0 Å². The molecular formula is C21H17N3O. The molecule has 0 N–H and O–H groups in total. The average Bonchev–Trinajstić information content (AvgIpc) is 3.08. The minimum Gasteiger partial charge on any atom is -0.291 e. The summed E-state index contributed by atoms with van der Waals surface area (Å²) in [6.45, 7) is 2.03. The first-order valence-electron chi connectivity index (χ1n) is 8.20. The Kier molecular flexibility index (Phi) is 3.86. The Morgan fingerprint density at radius 2 is 1.56 bits per heavy atom. The molecule has 1 atom stereocenters. The molecule has 1 unspecified atom stereocenters. The van der Waals surface area contributed by atoms with Crippen molar-refractivity contribution in [3.8, 4) is 0 Å². The van der Waals surface area contributed by atoms with E-state index in [-0.39, 0.29) is 5.78 Å². The van der Waals surface area contributed by atoms with Gasteiger partial charge in [0.2, 0.25) is 0 Å². The highest BCUT2D eigenvalue weighted by molar-refractivity contribution is 6.01. The van der Waals surface area contributed by atoms with Gasteiger partial charge in [0.05, 0.1) is 5.52 Å². The van der Waals surface area contributed by atoms with Gasteiger partial charge in [-0.25, -0.2) is 4.68 Å². The molecule has 4 rings (SSSR count). The van der Waals surface area contributed by atoms with Crippen LogP contribution in [-0.4, -0.2) is 20.8 Å². The van der Waals surface area contributed by atoms with E-state index in [1.165, 1.54) is 0 Å². The predicted octanol–water partition coefficient (Wildman–Crippen LogP) is 4.21. The lowest BCUT2D eigenvalue weighted by Crippen LogP contribution is -2.22. The first-order valence-corrected chi connectivity index (χ1v) is 8.20. The minimum atomic E-state index is -0.546. The van der Waals surface area contributed by atoms with E-state index in [1.54, 1.807) is 4.68 Å². The molecule has 0 radical (unpaired) electrons. The Morgan fingerprint density at radius 3 is 2.32 bits per heavy atom. The lowest BCUT2D eigenvalue weighted by atomic mass is 9.96. The normalized spacial score (nSPS) is 12.2. The number of fused-ring (bicyclic) bond motifs is 1. The summed E-state index contributed by atoms with van der Waals surface area (Å²) in [5.74, 6) is 0.0000983. The molecule has 0 aliphatic heterocycles. The highest BCUT2D eigenvalue weighted by atomic mass is 16.1. The second-order valence-electron chi connectivity index (χ2n) is 6.07. The molecule has 1 aromatic heterocycles. The van der Waals surface area contributed by atoms with Gasteiger partial charge in [-0.2, -0.15) is 0 Å². The molecule has 0 aliphatic rings. The first kappa shape index (κ1) is 15.3. The fourth-order valence-electron chi connectivity index (χ4n) is 2.99. The van der Waals surface area contributed by atoms with Crippen LogP contribution in [0.4, 0.5) is 0 Å². The van der Waals surface area contributed by atoms with E-state index in [0.717, 1.165) is 22.2 Å². The van der Waals surface area contributed by atoms with Crippen LogP contribution in [0.1, 0.15) is 27.5 Å². The quantitative estimate of drug-likeness (QED) is 0.528. The maximum absolute atomic E-state index is 13.3. The maximum Gasteiger partial charge on any atom is 0.191 e. The Balaban J connectivity index is 1.89. The molecule has 4 nitrogen and oxygen atoms in total. The van der Waals surface area contributed by atoms with Gasteiger partial charge in [-0.1, -0.05) is 77.5 Å². The van der Waals surface area contributed by atoms with Crippen LogP contribution in [0.25, 0.3) is 11.0 Å². The lowest BCUT2D eigenvalue weighted by Gasteiger charge is -2.17. The van der Waals surface area contributed by atoms with E-state index in [9.17, 15) is 4.79 Å². The largest absolute Gasteiger partial charge is 0.291 e. The van der Waals surface area contributed by atoms with E-state index in [1.807, 2.05) is 85.8 Å². The maximum atomic E-state index is 13.3. The smallest absolute Gasteiger partial charge is 0.191 e. The van der Waals surface area contributed by atoms with Gasteiger partial charge < -0.3 is 0 Å². The number of hydrogen-bond acceptors (Lipinski definition) is 3. The van der Waals surface area contributed by atoms with Gasteiger partial charge in [-0.15, -0.1) is 5.10 Å². The third kappa shape index (κ3) is 2.83. The van der Waals surface area contributed by atoms with Crippen molar-refractivity contribution in [2.24, 2.45) is 0 Å². The second kappa shape index (κ2) is 6.32. The third-order valence-electron chi connectivity index (χ3n) is 4.32. The van der Waals surface area contributed by atoms with Crippen LogP contribution < -0.4 is 0 Å². The fraction of sp³-hybridized carbons (Fsp3) is 0.0952. The van der Waals surface area contributed by atoms with E-state index >= 15 is 0 Å². The molecule has 0 saturated carbocycles. The van der Waals surface area contributed by atoms with Gasteiger partial charge in [-0.05, 0) is 24.6 Å². The Bertz CT molecular complexity index is 1020. The van der Waals surface area contributed by atoms with Crippen molar-refractivity contribution in [3.05, 3.63) is 95.6 Å². The van der Waals surface area contributed by atoms with Gasteiger partial charge in [0.25, 0.3) is 0 Å². The zero-order valence-corrected chi connectivity index (χ0v) is 13.8. The van der Waals surface area contributed by atoms with Crippen molar-refractivity contribution < 1.29 is 4.79 Å². The highest BCUT2D eigenvalue weighted by Gasteiger charge is 2.26. The Labute approximate surface area is 145 Å². The second-order valence-corrected chi connectivity index (χ2v) is 6.07. The number of Topliss-reactive ketones (excluding diaryl/α,β-unsaturated/α-hetero) is 1. The van der Waals surface area contributed by atoms with Crippen LogP contribution in [0, 0.1) is 6.92 Å². The molecule has 4 heteroatoms. The van der Waals surface area contributed by atoms with E-state index in [2.05, 4.69) is 10.3 Å². The molecule has 0 bridgehead atoms. The molecular weight excluding hydrogens is 310 g/mol. The molecule has 0 amide bonds. The van der Waals surface area contributed by atoms with Crippen LogP contribution in [0.5, 0.6) is 0 Å². The molecule has 1 heterocycles. The molecule has 0 saturated heterocycles. The number of hydrogen-bond donors (Lipinski definition) is 0. The standard InChI is InChI=1S/C21H17N3O/c1-15-11-13-16(14-12-15)20(21(25)17-7-3-2-4-8-17)24-19-10-6-5-9-18(19)22-23-24/h2-14,20H,1H3. The van der Waals surface area contributed by atoms with Gasteiger partial charge in [0, 0.05) is 5.56 Å². The van der Waals surface area contributed by atoms with Crippen LogP contribution in [0.3, 0.4) is 0 Å². The van der Waals surface area contributed by atoms with Gasteiger partial charge in [-0.3, -0.25) is 4.79 Å². The summed E-state index contributed by atoms with van der Waals surface area (Å²) in [6, 6.07) is 24.5. The summed E-state index contributed by atoms with van der Waals surface area (Å²) in [4.78, 5) is 13.3. The minimum absolute atomic E-state index is 0.0000983. The molecule has 0 aliphatic carbocycles. The SMILES string of the molecule is Cc1ccc(C(C(=O)c2ccccc2)n2nnc3ccccc32)cc1. The summed E-state index contributed by atoms with van der Waals surface area (Å²) in [6.07, 6.45) is 0. The number of aryl methyl sites for hydroxylation is 1. The van der Waals surface area contributed by atoms with E-state index < -0.39 is 6.04 Å². The summed E-state index contributed by atoms with van der Waals surface area (Å²) in [7, 11) is 0. The van der Waals surface area contributed by atoms with Crippen molar-refractivity contribution in [1.29, 1.82) is 0 Å². The number of benzene rings is 3. The topological polar surface area (TPSA) is 47.8 Å². The van der Waals surface area contributed by atoms with Crippen molar-refractivity contribution in [2.45, 2.75) is 13.0 Å². The summed E-state index contributed by atoms with van der Waals surface area (Å²) in [5, 5.41) is 8.51. The number of carbonyl (C=O) groups is 1. The van der Waals surface area contributed by atoms with Gasteiger partial charge in [0.15, 0.2) is 5.78 Å². The molecule has 0 fully saturated rings. The molecule has 0 spiro atoms. The van der Waals surface area contributed by atoms with Crippen LogP contribution in [0.2, 0.25) is 0 Å². The van der Waals surface area contributed by atoms with Crippen LogP contribution in [-0.2, 0) is 0 Å². The zero-order chi connectivity index (χ0) is 17.2. The van der Waals surface area contributed by atoms with Gasteiger partial charge >= 0.3 is 0 Å². The first-order chi connectivity index (χ1) is 12.2. The molecule has 122 valence electrons. The number of rotatable bonds is 4.